The molecule has 13 nitrogen and oxygen atoms in total. The molecular weight excluding hydrogens is 733 g/mol. The highest BCUT2D eigenvalue weighted by molar-refractivity contribution is 5.93. The molecule has 2 aromatic rings. The Morgan fingerprint density at radius 2 is 1.10 bits per heavy atom. The Morgan fingerprint density at radius 1 is 0.672 bits per heavy atom. The highest BCUT2D eigenvalue weighted by Gasteiger charge is 2.44. The van der Waals surface area contributed by atoms with Crippen LogP contribution in [0, 0.1) is 5.92 Å². The second-order valence-electron chi connectivity index (χ2n) is 17.1. The molecule has 324 valence electrons. The number of rotatable bonds is 16. The standard InChI is InChI=1S/C23H38N4O3.C22H36N4O2/c1-4-22(28)27(21-7-5-6-10-24-21)19-23(8-16-29-17-9-23)26-13-11-25(12-14-26)15-18-30-20(2)3;1-4-21(27)26(20-7-5-6-10-23-20)18-22(8-15-28-16-9-22)25-13-11-24(12-14-25)17-19(2)3/h5-7,10,20H,4,8-9,11-19H2,1-3H3;5-7,10,19H,4,8-9,11-18H2,1-3H3. The normalized spacial score (nSPS) is 20.7. The molecule has 6 heterocycles. The number of carbonyl (C=O) groups is 2. The van der Waals surface area contributed by atoms with Gasteiger partial charge < -0.3 is 19.1 Å². The van der Waals surface area contributed by atoms with Gasteiger partial charge in [-0.05, 0) is 69.7 Å². The number of carbonyl (C=O) groups excluding carboxylic acids is 2. The predicted octanol–water partition coefficient (Wildman–Crippen LogP) is 5.06. The van der Waals surface area contributed by atoms with Crippen molar-refractivity contribution in [3.8, 4) is 0 Å². The molecule has 0 bridgehead atoms. The molecule has 0 aliphatic carbocycles. The molecule has 58 heavy (non-hydrogen) atoms. The summed E-state index contributed by atoms with van der Waals surface area (Å²) >= 11 is 0. The molecule has 0 radical (unpaired) electrons. The number of aromatic nitrogens is 2. The molecule has 4 aliphatic rings. The van der Waals surface area contributed by atoms with Crippen molar-refractivity contribution in [1.82, 2.24) is 29.6 Å². The summed E-state index contributed by atoms with van der Waals surface area (Å²) < 4.78 is 17.1. The van der Waals surface area contributed by atoms with E-state index in [1.165, 1.54) is 6.54 Å². The van der Waals surface area contributed by atoms with Crippen molar-refractivity contribution < 1.29 is 23.8 Å². The lowest BCUT2D eigenvalue weighted by atomic mass is 9.86. The minimum absolute atomic E-state index is 0.0233. The van der Waals surface area contributed by atoms with Crippen LogP contribution >= 0.6 is 0 Å². The highest BCUT2D eigenvalue weighted by atomic mass is 16.5. The van der Waals surface area contributed by atoms with Crippen LogP contribution in [0.2, 0.25) is 0 Å². The summed E-state index contributed by atoms with van der Waals surface area (Å²) in [5.74, 6) is 2.48. The minimum Gasteiger partial charge on any atom is -0.381 e. The van der Waals surface area contributed by atoms with Gasteiger partial charge in [-0.25, -0.2) is 9.97 Å². The molecule has 0 atom stereocenters. The summed E-state index contributed by atoms with van der Waals surface area (Å²) in [6.45, 7) is 28.3. The molecule has 0 unspecified atom stereocenters. The molecule has 4 saturated heterocycles. The van der Waals surface area contributed by atoms with Crippen molar-refractivity contribution in [2.24, 2.45) is 5.92 Å². The van der Waals surface area contributed by atoms with Gasteiger partial charge in [-0.15, -0.1) is 0 Å². The van der Waals surface area contributed by atoms with Crippen molar-refractivity contribution in [2.75, 3.05) is 121 Å². The maximum Gasteiger partial charge on any atom is 0.227 e. The van der Waals surface area contributed by atoms with E-state index < -0.39 is 0 Å². The first-order valence-electron chi connectivity index (χ1n) is 22.2. The van der Waals surface area contributed by atoms with Crippen molar-refractivity contribution in [2.45, 2.75) is 97.2 Å². The maximum atomic E-state index is 12.9. The van der Waals surface area contributed by atoms with E-state index in [1.807, 2.05) is 60.0 Å². The van der Waals surface area contributed by atoms with E-state index in [0.717, 1.165) is 129 Å². The van der Waals surface area contributed by atoms with Crippen LogP contribution in [0.25, 0.3) is 0 Å². The van der Waals surface area contributed by atoms with E-state index in [0.29, 0.717) is 31.8 Å². The van der Waals surface area contributed by atoms with Gasteiger partial charge in [0.25, 0.3) is 0 Å². The summed E-state index contributed by atoms with van der Waals surface area (Å²) in [4.78, 5) is 48.7. The van der Waals surface area contributed by atoms with Gasteiger partial charge in [-0.3, -0.25) is 34.1 Å². The summed E-state index contributed by atoms with van der Waals surface area (Å²) in [5.41, 5.74) is -0.0777. The summed E-state index contributed by atoms with van der Waals surface area (Å²) in [6, 6.07) is 11.6. The topological polar surface area (TPSA) is 107 Å². The van der Waals surface area contributed by atoms with Crippen LogP contribution in [0.15, 0.2) is 48.8 Å². The van der Waals surface area contributed by atoms with Crippen LogP contribution < -0.4 is 9.80 Å². The summed E-state index contributed by atoms with van der Waals surface area (Å²) in [5, 5.41) is 0. The Morgan fingerprint density at radius 3 is 1.47 bits per heavy atom. The first-order valence-corrected chi connectivity index (χ1v) is 22.2. The zero-order valence-electron chi connectivity index (χ0n) is 36.7. The van der Waals surface area contributed by atoms with Gasteiger partial charge in [0, 0.05) is 141 Å². The Bertz CT molecular complexity index is 1470. The molecule has 13 heteroatoms. The van der Waals surface area contributed by atoms with Gasteiger partial charge >= 0.3 is 0 Å². The van der Waals surface area contributed by atoms with Crippen molar-refractivity contribution in [1.29, 1.82) is 0 Å². The molecule has 4 aliphatic heterocycles. The van der Waals surface area contributed by atoms with Crippen LogP contribution in [-0.4, -0.2) is 170 Å². The number of anilines is 2. The third-order valence-electron chi connectivity index (χ3n) is 12.4. The van der Waals surface area contributed by atoms with E-state index in [9.17, 15) is 9.59 Å². The number of nitrogens with zero attached hydrogens (tertiary/aromatic N) is 8. The SMILES string of the molecule is CCC(=O)N(CC1(N2CCN(CC(C)C)CC2)CCOCC1)c1ccccn1.CCC(=O)N(CC1(N2CCN(CCOC(C)C)CC2)CCOCC1)c1ccccn1. The first-order chi connectivity index (χ1) is 28.1. The number of hydrogen-bond acceptors (Lipinski definition) is 11. The molecular formula is C45H74N8O5. The smallest absolute Gasteiger partial charge is 0.227 e. The number of ether oxygens (including phenoxy) is 3. The molecule has 0 spiro atoms. The molecule has 0 aromatic carbocycles. The first kappa shape index (κ1) is 46.0. The quantitative estimate of drug-likeness (QED) is 0.227. The number of hydrogen-bond donors (Lipinski definition) is 0. The second-order valence-corrected chi connectivity index (χ2v) is 17.1. The molecule has 2 aromatic heterocycles. The average molecular weight is 807 g/mol. The van der Waals surface area contributed by atoms with Gasteiger partial charge in [0.2, 0.25) is 11.8 Å². The van der Waals surface area contributed by atoms with Crippen molar-refractivity contribution in [3.05, 3.63) is 48.8 Å². The van der Waals surface area contributed by atoms with Crippen molar-refractivity contribution >= 4 is 23.5 Å². The van der Waals surface area contributed by atoms with E-state index in [2.05, 4.69) is 57.3 Å². The number of amides is 2. The molecule has 2 amide bonds. The highest BCUT2D eigenvalue weighted by Crippen LogP contribution is 2.33. The monoisotopic (exact) mass is 807 g/mol. The second kappa shape index (κ2) is 23.1. The third-order valence-corrected chi connectivity index (χ3v) is 12.4. The van der Waals surface area contributed by atoms with Gasteiger partial charge in [0.1, 0.15) is 11.6 Å². The largest absolute Gasteiger partial charge is 0.381 e. The van der Waals surface area contributed by atoms with Crippen LogP contribution in [0.3, 0.4) is 0 Å². The van der Waals surface area contributed by atoms with E-state index in [4.69, 9.17) is 14.2 Å². The van der Waals surface area contributed by atoms with Gasteiger partial charge in [0.15, 0.2) is 0 Å². The van der Waals surface area contributed by atoms with E-state index >= 15 is 0 Å². The zero-order chi connectivity index (χ0) is 41.4. The molecule has 0 N–H and O–H groups in total. The molecule has 4 fully saturated rings. The fraction of sp³-hybridized carbons (Fsp3) is 0.733. The Balaban J connectivity index is 0.000000221. The van der Waals surface area contributed by atoms with Crippen LogP contribution in [0.5, 0.6) is 0 Å². The Kier molecular flexibility index (Phi) is 18.3. The number of piperazine rings is 2. The lowest BCUT2D eigenvalue weighted by Gasteiger charge is -2.51. The summed E-state index contributed by atoms with van der Waals surface area (Å²) in [7, 11) is 0. The predicted molar refractivity (Wildman–Crippen MR) is 231 cm³/mol. The average Bonchev–Trinajstić information content (AvgIpc) is 3.26. The number of pyridine rings is 2. The third kappa shape index (κ3) is 13.0. The lowest BCUT2D eigenvalue weighted by molar-refractivity contribution is -0.120. The fourth-order valence-corrected chi connectivity index (χ4v) is 9.03. The summed E-state index contributed by atoms with van der Waals surface area (Å²) in [6.07, 6.45) is 8.62. The zero-order valence-corrected chi connectivity index (χ0v) is 36.7. The molecule has 0 saturated carbocycles. The van der Waals surface area contributed by atoms with Gasteiger partial charge in [-0.1, -0.05) is 39.8 Å². The molecule has 6 rings (SSSR count). The van der Waals surface area contributed by atoms with Crippen molar-refractivity contribution in [3.63, 3.8) is 0 Å². The lowest BCUT2D eigenvalue weighted by Crippen LogP contribution is -2.63. The van der Waals surface area contributed by atoms with E-state index in [1.54, 1.807) is 12.4 Å². The maximum absolute atomic E-state index is 12.9. The fourth-order valence-electron chi connectivity index (χ4n) is 9.03. The van der Waals surface area contributed by atoms with Gasteiger partial charge in [-0.2, -0.15) is 0 Å². The van der Waals surface area contributed by atoms with Crippen LogP contribution in [0.1, 0.15) is 80.1 Å². The van der Waals surface area contributed by atoms with E-state index in [-0.39, 0.29) is 29.0 Å². The van der Waals surface area contributed by atoms with Crippen LogP contribution in [0.4, 0.5) is 11.6 Å². The minimum atomic E-state index is -0.0544. The Labute approximate surface area is 349 Å². The van der Waals surface area contributed by atoms with Crippen LogP contribution in [-0.2, 0) is 23.8 Å². The van der Waals surface area contributed by atoms with Gasteiger partial charge in [0.05, 0.1) is 12.7 Å². The Hall–Kier alpha value is -3.04.